The van der Waals surface area contributed by atoms with Crippen molar-refractivity contribution in [2.45, 2.75) is 25.9 Å². The van der Waals surface area contributed by atoms with Gasteiger partial charge in [-0.1, -0.05) is 13.0 Å². The molecule has 0 aromatic carbocycles. The van der Waals surface area contributed by atoms with Crippen LogP contribution in [0.1, 0.15) is 31.4 Å². The number of nitrogens with zero attached hydrogens (tertiary/aromatic N) is 1. The molecule has 0 saturated carbocycles. The van der Waals surface area contributed by atoms with Gasteiger partial charge in [-0.2, -0.15) is 0 Å². The fraction of sp³-hybridized carbons (Fsp3) is 0.417. The molecule has 0 aliphatic heterocycles. The Balaban J connectivity index is 2.82. The molecule has 0 radical (unpaired) electrons. The monoisotopic (exact) mass is 237 g/mol. The molecule has 5 nitrogen and oxygen atoms in total. The van der Waals surface area contributed by atoms with Crippen LogP contribution in [0.15, 0.2) is 24.5 Å². The van der Waals surface area contributed by atoms with E-state index in [1.54, 1.807) is 18.3 Å². The Morgan fingerprint density at radius 1 is 1.47 bits per heavy atom. The zero-order valence-electron chi connectivity index (χ0n) is 9.88. The van der Waals surface area contributed by atoms with Crippen molar-refractivity contribution in [2.75, 3.05) is 7.11 Å². The third kappa shape index (κ3) is 3.86. The molecule has 0 N–H and O–H groups in total. The van der Waals surface area contributed by atoms with Gasteiger partial charge in [0.05, 0.1) is 7.11 Å². The molecule has 1 aromatic heterocycles. The summed E-state index contributed by atoms with van der Waals surface area (Å²) < 4.78 is 9.68. The van der Waals surface area contributed by atoms with Gasteiger partial charge >= 0.3 is 11.9 Å². The fourth-order valence-electron chi connectivity index (χ4n) is 1.28. The van der Waals surface area contributed by atoms with Crippen molar-refractivity contribution in [3.05, 3.63) is 30.1 Å². The maximum absolute atomic E-state index is 11.5. The molecule has 0 spiro atoms. The van der Waals surface area contributed by atoms with Crippen LogP contribution >= 0.6 is 0 Å². The van der Waals surface area contributed by atoms with Crippen molar-refractivity contribution >= 4 is 11.9 Å². The molecule has 1 unspecified atom stereocenters. The van der Waals surface area contributed by atoms with Crippen LogP contribution in [0.3, 0.4) is 0 Å². The average molecular weight is 237 g/mol. The lowest BCUT2D eigenvalue weighted by molar-refractivity contribution is -0.166. The van der Waals surface area contributed by atoms with Crippen molar-refractivity contribution < 1.29 is 19.1 Å². The molecule has 1 heterocycles. The molecule has 1 rings (SSSR count). The minimum Gasteiger partial charge on any atom is -0.466 e. The Morgan fingerprint density at radius 2 is 2.24 bits per heavy atom. The first-order valence-corrected chi connectivity index (χ1v) is 5.36. The quantitative estimate of drug-likeness (QED) is 0.728. The Hall–Kier alpha value is -1.91. The summed E-state index contributed by atoms with van der Waals surface area (Å²) in [7, 11) is 1.25. The van der Waals surface area contributed by atoms with Gasteiger partial charge in [-0.25, -0.2) is 4.79 Å². The first-order chi connectivity index (χ1) is 8.19. The number of rotatable bonds is 5. The highest BCUT2D eigenvalue weighted by atomic mass is 16.6. The molecule has 0 fully saturated rings. The highest BCUT2D eigenvalue weighted by Gasteiger charge is 2.25. The SMILES string of the molecule is CCCC(=O)OC(C(=O)OC)c1cccnc1. The summed E-state index contributed by atoms with van der Waals surface area (Å²) in [5.74, 6) is -1.03. The van der Waals surface area contributed by atoms with Crippen molar-refractivity contribution in [3.8, 4) is 0 Å². The van der Waals surface area contributed by atoms with E-state index in [-0.39, 0.29) is 6.42 Å². The van der Waals surface area contributed by atoms with E-state index in [0.717, 1.165) is 0 Å². The van der Waals surface area contributed by atoms with Crippen LogP contribution < -0.4 is 0 Å². The van der Waals surface area contributed by atoms with Crippen molar-refractivity contribution in [1.29, 1.82) is 0 Å². The van der Waals surface area contributed by atoms with Gasteiger partial charge in [0, 0.05) is 24.4 Å². The van der Waals surface area contributed by atoms with Crippen LogP contribution in [0.2, 0.25) is 0 Å². The van der Waals surface area contributed by atoms with E-state index in [1.165, 1.54) is 13.3 Å². The summed E-state index contributed by atoms with van der Waals surface area (Å²) in [6.07, 6.45) is 2.95. The Labute approximate surface area is 99.8 Å². The van der Waals surface area contributed by atoms with E-state index in [4.69, 9.17) is 4.74 Å². The van der Waals surface area contributed by atoms with Crippen molar-refractivity contribution in [1.82, 2.24) is 4.98 Å². The minimum absolute atomic E-state index is 0.272. The van der Waals surface area contributed by atoms with Gasteiger partial charge in [-0.05, 0) is 12.5 Å². The lowest BCUT2D eigenvalue weighted by atomic mass is 10.1. The van der Waals surface area contributed by atoms with Gasteiger partial charge in [0.1, 0.15) is 0 Å². The molecular weight excluding hydrogens is 222 g/mol. The number of methoxy groups -OCH3 is 1. The lowest BCUT2D eigenvalue weighted by Crippen LogP contribution is -2.21. The number of hydrogen-bond donors (Lipinski definition) is 0. The van der Waals surface area contributed by atoms with E-state index < -0.39 is 18.0 Å². The molecular formula is C12H15NO4. The van der Waals surface area contributed by atoms with Gasteiger partial charge in [0.25, 0.3) is 0 Å². The van der Waals surface area contributed by atoms with Gasteiger partial charge < -0.3 is 9.47 Å². The number of hydrogen-bond acceptors (Lipinski definition) is 5. The largest absolute Gasteiger partial charge is 0.466 e. The maximum Gasteiger partial charge on any atom is 0.352 e. The predicted molar refractivity (Wildman–Crippen MR) is 60.0 cm³/mol. The second kappa shape index (κ2) is 6.62. The summed E-state index contributed by atoms with van der Waals surface area (Å²) in [4.78, 5) is 26.8. The molecule has 0 aliphatic rings. The third-order valence-electron chi connectivity index (χ3n) is 2.11. The van der Waals surface area contributed by atoms with E-state index >= 15 is 0 Å². The first kappa shape index (κ1) is 13.2. The molecule has 0 bridgehead atoms. The topological polar surface area (TPSA) is 65.5 Å². The fourth-order valence-corrected chi connectivity index (χ4v) is 1.28. The molecule has 92 valence electrons. The minimum atomic E-state index is -1.03. The van der Waals surface area contributed by atoms with Crippen molar-refractivity contribution in [3.63, 3.8) is 0 Å². The molecule has 0 saturated heterocycles. The van der Waals surface area contributed by atoms with Gasteiger partial charge in [0.2, 0.25) is 6.10 Å². The molecule has 1 atom stereocenters. The predicted octanol–water partition coefficient (Wildman–Crippen LogP) is 1.64. The van der Waals surface area contributed by atoms with Crippen molar-refractivity contribution in [2.24, 2.45) is 0 Å². The molecule has 0 amide bonds. The average Bonchev–Trinajstić information content (AvgIpc) is 2.36. The first-order valence-electron chi connectivity index (χ1n) is 5.36. The Bertz CT molecular complexity index is 377. The highest BCUT2D eigenvalue weighted by Crippen LogP contribution is 2.18. The number of esters is 2. The lowest BCUT2D eigenvalue weighted by Gasteiger charge is -2.15. The summed E-state index contributed by atoms with van der Waals surface area (Å²) in [5, 5.41) is 0. The molecule has 1 aromatic rings. The highest BCUT2D eigenvalue weighted by molar-refractivity contribution is 5.80. The van der Waals surface area contributed by atoms with E-state index in [1.807, 2.05) is 6.92 Å². The second-order valence-electron chi connectivity index (χ2n) is 3.43. The number of pyridine rings is 1. The van der Waals surface area contributed by atoms with Crippen LogP contribution in [0.4, 0.5) is 0 Å². The van der Waals surface area contributed by atoms with Crippen LogP contribution in [0.25, 0.3) is 0 Å². The van der Waals surface area contributed by atoms with Gasteiger partial charge in [0.15, 0.2) is 0 Å². The Kier molecular flexibility index (Phi) is 5.13. The standard InChI is InChI=1S/C12H15NO4/c1-3-5-10(14)17-11(12(15)16-2)9-6-4-7-13-8-9/h4,6-8,11H,3,5H2,1-2H3. The van der Waals surface area contributed by atoms with Crippen LogP contribution in [-0.4, -0.2) is 24.0 Å². The van der Waals surface area contributed by atoms with E-state index in [9.17, 15) is 9.59 Å². The number of aromatic nitrogens is 1. The van der Waals surface area contributed by atoms with Crippen LogP contribution in [-0.2, 0) is 19.1 Å². The summed E-state index contributed by atoms with van der Waals surface area (Å²) in [6.45, 7) is 1.86. The van der Waals surface area contributed by atoms with Gasteiger partial charge in [-0.15, -0.1) is 0 Å². The molecule has 17 heavy (non-hydrogen) atoms. The number of carbonyl (C=O) groups excluding carboxylic acids is 2. The number of ether oxygens (including phenoxy) is 2. The normalized spacial score (nSPS) is 11.6. The summed E-state index contributed by atoms with van der Waals surface area (Å²) in [6, 6.07) is 3.33. The van der Waals surface area contributed by atoms with E-state index in [0.29, 0.717) is 12.0 Å². The summed E-state index contributed by atoms with van der Waals surface area (Å²) in [5.41, 5.74) is 0.504. The zero-order chi connectivity index (χ0) is 12.7. The molecule has 5 heteroatoms. The Morgan fingerprint density at radius 3 is 2.76 bits per heavy atom. The maximum atomic E-state index is 11.5. The van der Waals surface area contributed by atoms with Crippen LogP contribution in [0.5, 0.6) is 0 Å². The molecule has 0 aliphatic carbocycles. The smallest absolute Gasteiger partial charge is 0.352 e. The zero-order valence-corrected chi connectivity index (χ0v) is 9.88. The van der Waals surface area contributed by atoms with Crippen LogP contribution in [0, 0.1) is 0 Å². The third-order valence-corrected chi connectivity index (χ3v) is 2.11. The summed E-state index contributed by atoms with van der Waals surface area (Å²) >= 11 is 0. The van der Waals surface area contributed by atoms with E-state index in [2.05, 4.69) is 9.72 Å². The van der Waals surface area contributed by atoms with Gasteiger partial charge in [-0.3, -0.25) is 9.78 Å². The number of carbonyl (C=O) groups is 2. The second-order valence-corrected chi connectivity index (χ2v) is 3.43.